The van der Waals surface area contributed by atoms with Crippen molar-refractivity contribution in [1.29, 1.82) is 0 Å². The SMILES string of the molecule is CCCC[C@@H](C(=O)N1CCC[C@@H]1C(=O)N[C@H](C=O)CC(=O)O)N(C)C(=O)[C@H](Cc1ccccc1)N(C)C(=O)[C@H](Cc1ccc(F)cc1)NC(=O)CSC[C@H](NC(=O)[C@H](CC(C)C)NC(=O)[C@H](Cc1ccc(O)cc1)NC(=O)[C@H](Cc1c[nH]c2ccccc12)NC(=O)[C@H]1CCCCN1C(=O)[C@H](Cc1ccc(O)cc1)NC(=O)[C@H](C(C)C)N(C)C(=O)[C@@H](N)C(C)C)C(=O)NCC(N)=O. The van der Waals surface area contributed by atoms with Crippen molar-refractivity contribution in [1.82, 2.24) is 72.0 Å². The maximum absolute atomic E-state index is 15.5. The van der Waals surface area contributed by atoms with Crippen molar-refractivity contribution in [3.63, 3.8) is 0 Å². The largest absolute Gasteiger partial charge is 0.508 e. The first kappa shape index (κ1) is 104. The number of aromatic nitrogens is 1. The summed E-state index contributed by atoms with van der Waals surface area (Å²) >= 11 is 0.793. The first-order valence-electron chi connectivity index (χ1n) is 44.3. The highest BCUT2D eigenvalue weighted by atomic mass is 32.2. The van der Waals surface area contributed by atoms with Crippen molar-refractivity contribution in [2.24, 2.45) is 29.2 Å². The number of phenols is 2. The molecule has 131 heavy (non-hydrogen) atoms. The van der Waals surface area contributed by atoms with Gasteiger partial charge in [0.05, 0.1) is 30.8 Å². The summed E-state index contributed by atoms with van der Waals surface area (Å²) in [6, 6.07) is 15.2. The molecule has 0 radical (unpaired) electrons. The average molecular weight is 1830 g/mol. The van der Waals surface area contributed by atoms with E-state index >= 15 is 33.6 Å². The number of aldehydes is 1. The van der Waals surface area contributed by atoms with E-state index in [1.807, 2.05) is 6.92 Å². The number of likely N-dealkylation sites (N-methyl/N-ethyl adjacent to an activating group) is 3. The number of aromatic amines is 1. The number of halogens is 1. The molecule has 35 nitrogen and oxygen atoms in total. The molecule has 37 heteroatoms. The van der Waals surface area contributed by atoms with E-state index in [-0.39, 0.29) is 100 Å². The monoisotopic (exact) mass is 1830 g/mol. The second-order valence-electron chi connectivity index (χ2n) is 34.6. The lowest BCUT2D eigenvalue weighted by Crippen LogP contribution is -2.63. The minimum atomic E-state index is -1.60. The molecular formula is C94H125FN16O19S. The zero-order valence-corrected chi connectivity index (χ0v) is 76.5. The second-order valence-corrected chi connectivity index (χ2v) is 35.7. The van der Waals surface area contributed by atoms with Crippen LogP contribution in [0.4, 0.5) is 4.39 Å². The van der Waals surface area contributed by atoms with Crippen LogP contribution in [0.3, 0.4) is 0 Å². The van der Waals surface area contributed by atoms with E-state index in [1.165, 1.54) is 89.3 Å². The maximum atomic E-state index is 15.5. The number of H-pyrrole nitrogens is 1. The highest BCUT2D eigenvalue weighted by Crippen LogP contribution is 2.28. The number of likely N-dealkylation sites (tertiary alicyclic amines) is 2. The first-order chi connectivity index (χ1) is 62.3. The predicted octanol–water partition coefficient (Wildman–Crippen LogP) is 3.36. The van der Waals surface area contributed by atoms with Crippen LogP contribution < -0.4 is 54.0 Å². The third-order valence-electron chi connectivity index (χ3n) is 23.4. The van der Waals surface area contributed by atoms with Crippen LogP contribution in [0.1, 0.15) is 140 Å². The number of hydrogen-bond donors (Lipinski definition) is 14. The number of nitrogens with zero attached hydrogens (tertiary/aromatic N) is 5. The minimum Gasteiger partial charge on any atom is -0.508 e. The van der Waals surface area contributed by atoms with Gasteiger partial charge in [-0.15, -0.1) is 11.8 Å². The molecule has 5 aromatic carbocycles. The second kappa shape index (κ2) is 49.8. The van der Waals surface area contributed by atoms with Gasteiger partial charge in [-0.2, -0.15) is 0 Å². The zero-order valence-electron chi connectivity index (χ0n) is 75.7. The Balaban J connectivity index is 1.04. The van der Waals surface area contributed by atoms with E-state index in [2.05, 4.69) is 47.5 Å². The molecule has 6 aromatic rings. The number of unbranched alkanes of at least 4 members (excludes halogenated alkanes) is 1. The summed E-state index contributed by atoms with van der Waals surface area (Å²) in [5.41, 5.74) is 14.9. The Morgan fingerprint density at radius 2 is 1.06 bits per heavy atom. The van der Waals surface area contributed by atoms with Crippen molar-refractivity contribution in [2.45, 2.75) is 223 Å². The van der Waals surface area contributed by atoms with Crippen LogP contribution in [0, 0.1) is 23.6 Å². The number of carbonyl (C=O) groups is 16. The molecule has 2 fully saturated rings. The normalized spacial score (nSPS) is 16.3. The van der Waals surface area contributed by atoms with Crippen LogP contribution >= 0.6 is 11.8 Å². The van der Waals surface area contributed by atoms with Crippen molar-refractivity contribution >= 4 is 118 Å². The molecule has 2 aliphatic rings. The number of carbonyl (C=O) groups excluding carboxylic acids is 15. The molecule has 0 saturated carbocycles. The van der Waals surface area contributed by atoms with Gasteiger partial charge in [0, 0.05) is 89.2 Å². The van der Waals surface area contributed by atoms with Gasteiger partial charge in [0.15, 0.2) is 0 Å². The topological polar surface area (TPSA) is 514 Å². The summed E-state index contributed by atoms with van der Waals surface area (Å²) < 4.78 is 14.5. The molecule has 708 valence electrons. The minimum absolute atomic E-state index is 0.0348. The van der Waals surface area contributed by atoms with Crippen molar-refractivity contribution in [2.75, 3.05) is 52.3 Å². The van der Waals surface area contributed by atoms with Gasteiger partial charge in [0.1, 0.15) is 90.1 Å². The number of rotatable bonds is 48. The van der Waals surface area contributed by atoms with Crippen LogP contribution in [0.25, 0.3) is 10.9 Å². The highest BCUT2D eigenvalue weighted by molar-refractivity contribution is 8.00. The lowest BCUT2D eigenvalue weighted by molar-refractivity contribution is -0.152. The zero-order chi connectivity index (χ0) is 96.0. The highest BCUT2D eigenvalue weighted by Gasteiger charge is 2.45. The number of para-hydroxylation sites is 1. The lowest BCUT2D eigenvalue weighted by atomic mass is 9.95. The predicted molar refractivity (Wildman–Crippen MR) is 488 cm³/mol. The van der Waals surface area contributed by atoms with Crippen molar-refractivity contribution in [3.05, 3.63) is 167 Å². The summed E-state index contributed by atoms with van der Waals surface area (Å²) in [5.74, 6) is -15.3. The third-order valence-corrected chi connectivity index (χ3v) is 24.5. The number of carboxylic acids is 1. The average Bonchev–Trinajstić information content (AvgIpc) is 1.80. The van der Waals surface area contributed by atoms with E-state index in [4.69, 9.17) is 11.5 Å². The molecular weight excluding hydrogens is 1710 g/mol. The smallest absolute Gasteiger partial charge is 0.305 e. The number of aromatic hydroxyl groups is 2. The number of benzene rings is 5. The van der Waals surface area contributed by atoms with Gasteiger partial charge in [-0.1, -0.05) is 146 Å². The molecule has 0 spiro atoms. The molecule has 0 aliphatic carbocycles. The molecule has 0 unspecified atom stereocenters. The van der Waals surface area contributed by atoms with Crippen LogP contribution in [0.2, 0.25) is 0 Å². The Labute approximate surface area is 765 Å². The van der Waals surface area contributed by atoms with E-state index in [0.29, 0.717) is 70.8 Å². The van der Waals surface area contributed by atoms with Gasteiger partial charge >= 0.3 is 5.97 Å². The number of phenolic OH excluding ortho intramolecular Hbond substituents is 2. The number of piperidine rings is 1. The number of primary amides is 1. The van der Waals surface area contributed by atoms with Crippen molar-refractivity contribution in [3.8, 4) is 11.5 Å². The standard InChI is InChI=1S/C94H125FN16O19S/c1-11-12-25-76(93(129)111-41-20-27-75(111)87(123)100-63(51-112)48-80(117)118)107(8)92(128)77(46-57-21-14-13-15-22-57)108(9)90(126)71(44-58-28-34-62(95)35-29-58)101-79(116)53-131-52-73(83(119)99-50-78(96)115)106-84(120)68(42-54(2)3)102-85(121)69(43-59-30-36-64(113)37-31-59)103-86(122)70(47-61-49-98-67-24-17-16-23-66(61)67)104-88(124)74-26-18-19-40-110(74)91(127)72(45-60-32-38-65(114)39-33-60)105-89(125)82(56(6)7)109(10)94(130)81(97)55(4)5/h13-17,21-24,28-39,49,51,54-56,63,68-77,81-82,98,113-114H,11-12,18-20,25-27,40-48,50,52-53,97H2,1-10H3,(H2,96,115)(H,99,119)(H,100,123)(H,101,116)(H,102,121)(H,103,122)(H,104,124)(H,105,125)(H,106,120)(H,117,118)/t63-,68-,69-,70-,71-,72-,73-,74+,75+,76-,77-,81-,82-/m0/s1. The number of carboxylic acid groups (broad SMARTS) is 1. The number of hydrogen-bond acceptors (Lipinski definition) is 20. The van der Waals surface area contributed by atoms with Gasteiger partial charge in [0.25, 0.3) is 0 Å². The van der Waals surface area contributed by atoms with Crippen LogP contribution in [-0.4, -0.2) is 271 Å². The Morgan fingerprint density at radius 3 is 1.65 bits per heavy atom. The number of aliphatic carboxylic acids is 1. The molecule has 1 aromatic heterocycles. The third kappa shape index (κ3) is 30.1. The number of thioether (sulfide) groups is 1. The molecule has 2 saturated heterocycles. The fraction of sp³-hybridized carbons (Fsp3) is 0.489. The quantitative estimate of drug-likeness (QED) is 0.0244. The number of amides is 14. The number of fused-ring (bicyclic) bond motifs is 1. The van der Waals surface area contributed by atoms with E-state index < -0.39 is 203 Å². The van der Waals surface area contributed by atoms with Gasteiger partial charge < -0.3 is 104 Å². The molecule has 16 N–H and O–H groups in total. The summed E-state index contributed by atoms with van der Waals surface area (Å²) in [7, 11) is 4.21. The van der Waals surface area contributed by atoms with Gasteiger partial charge in [-0.25, -0.2) is 4.39 Å². The van der Waals surface area contributed by atoms with Crippen LogP contribution in [-0.2, 0) is 109 Å². The number of nitrogens with two attached hydrogens (primary N) is 2. The Morgan fingerprint density at radius 1 is 0.542 bits per heavy atom. The molecule has 2 aliphatic heterocycles. The van der Waals surface area contributed by atoms with E-state index in [9.17, 15) is 62.9 Å². The summed E-state index contributed by atoms with van der Waals surface area (Å²) in [5, 5.41) is 52.3. The maximum Gasteiger partial charge on any atom is 0.305 e. The fourth-order valence-corrected chi connectivity index (χ4v) is 17.1. The Bertz CT molecular complexity index is 4970. The van der Waals surface area contributed by atoms with Crippen LogP contribution in [0.5, 0.6) is 11.5 Å². The molecule has 0 bridgehead atoms. The first-order valence-corrected chi connectivity index (χ1v) is 45.4. The van der Waals surface area contributed by atoms with Crippen LogP contribution in [0.15, 0.2) is 134 Å². The van der Waals surface area contributed by atoms with E-state index in [0.717, 1.165) is 28.8 Å². The summed E-state index contributed by atoms with van der Waals surface area (Å²) in [4.78, 5) is 238. The molecule has 8 rings (SSSR count). The van der Waals surface area contributed by atoms with Gasteiger partial charge in [0.2, 0.25) is 82.7 Å². The van der Waals surface area contributed by atoms with Crippen molar-refractivity contribution < 1.29 is 96.4 Å². The molecule has 3 heterocycles. The summed E-state index contributed by atoms with van der Waals surface area (Å²) in [6.07, 6.45) is 2.80. The number of nitrogens with one attached hydrogen (secondary N) is 9. The Hall–Kier alpha value is -12.8. The van der Waals surface area contributed by atoms with Gasteiger partial charge in [-0.3, -0.25) is 71.9 Å². The summed E-state index contributed by atoms with van der Waals surface area (Å²) in [6.45, 7) is 11.8. The fourth-order valence-electron chi connectivity index (χ4n) is 16.2. The van der Waals surface area contributed by atoms with E-state index in [1.54, 1.807) is 114 Å². The van der Waals surface area contributed by atoms with Gasteiger partial charge in [-0.05, 0) is 133 Å². The Kier molecular flexibility index (Phi) is 39.4. The molecule has 13 atom stereocenters. The molecule has 14 amide bonds. The lowest BCUT2D eigenvalue weighted by Gasteiger charge is -2.38.